The molecule has 2 nitrogen and oxygen atoms in total. The Morgan fingerprint density at radius 3 is 2.17 bits per heavy atom. The quantitative estimate of drug-likeness (QED) is 0.344. The number of benzene rings is 2. The largest absolute Gasteiger partial charge is 0.494 e. The Labute approximate surface area is 175 Å². The first-order valence-corrected chi connectivity index (χ1v) is 11.4. The van der Waals surface area contributed by atoms with Gasteiger partial charge in [-0.1, -0.05) is 64.5 Å². The number of fused-ring (bicyclic) bond motifs is 3. The maximum atomic E-state index is 15.0. The maximum absolute atomic E-state index is 15.0. The molecule has 0 bridgehead atoms. The summed E-state index contributed by atoms with van der Waals surface area (Å²) >= 11 is 0. The molecule has 0 aliphatic heterocycles. The van der Waals surface area contributed by atoms with E-state index in [-0.39, 0.29) is 5.82 Å². The molecule has 0 N–H and O–H groups in total. The molecule has 2 aromatic carbocycles. The molecule has 1 aliphatic carbocycles. The molecule has 0 fully saturated rings. The highest BCUT2D eigenvalue weighted by Gasteiger charge is 2.22. The van der Waals surface area contributed by atoms with Crippen molar-refractivity contribution in [3.05, 3.63) is 47.3 Å². The van der Waals surface area contributed by atoms with Crippen LogP contribution in [-0.2, 0) is 12.8 Å². The highest BCUT2D eigenvalue weighted by atomic mass is 19.1. The van der Waals surface area contributed by atoms with Gasteiger partial charge in [-0.2, -0.15) is 0 Å². The zero-order valence-electron chi connectivity index (χ0n) is 18.1. The molecule has 1 aliphatic rings. The van der Waals surface area contributed by atoms with Gasteiger partial charge in [0.15, 0.2) is 11.6 Å². The van der Waals surface area contributed by atoms with Crippen LogP contribution in [0.15, 0.2) is 30.3 Å². The Hall–Kier alpha value is -2.03. The summed E-state index contributed by atoms with van der Waals surface area (Å²) in [7, 11) is 0. The third kappa shape index (κ3) is 5.74. The minimum atomic E-state index is -0.181. The van der Waals surface area contributed by atoms with Gasteiger partial charge in [-0.25, -0.2) is 4.39 Å². The molecule has 0 amide bonds. The van der Waals surface area contributed by atoms with Gasteiger partial charge in [0.05, 0.1) is 13.2 Å². The van der Waals surface area contributed by atoms with Crippen molar-refractivity contribution in [1.29, 1.82) is 0 Å². The highest BCUT2D eigenvalue weighted by Crippen LogP contribution is 2.39. The average molecular weight is 399 g/mol. The molecular weight excluding hydrogens is 363 g/mol. The zero-order chi connectivity index (χ0) is 20.5. The third-order valence-corrected chi connectivity index (χ3v) is 5.74. The average Bonchev–Trinajstić information content (AvgIpc) is 2.74. The number of ether oxygens (including phenoxy) is 2. The summed E-state index contributed by atoms with van der Waals surface area (Å²) in [6.07, 6.45) is 10.9. The van der Waals surface area contributed by atoms with Gasteiger partial charge in [0.1, 0.15) is 5.75 Å². The van der Waals surface area contributed by atoms with E-state index in [0.29, 0.717) is 18.8 Å². The van der Waals surface area contributed by atoms with E-state index in [1.165, 1.54) is 37.7 Å². The maximum Gasteiger partial charge on any atom is 0.168 e. The zero-order valence-corrected chi connectivity index (χ0v) is 18.1. The normalized spacial score (nSPS) is 12.4. The first-order chi connectivity index (χ1) is 14.2. The molecule has 29 heavy (non-hydrogen) atoms. The Kier molecular flexibility index (Phi) is 8.39. The van der Waals surface area contributed by atoms with Crippen molar-refractivity contribution < 1.29 is 13.9 Å². The van der Waals surface area contributed by atoms with E-state index in [2.05, 4.69) is 26.0 Å². The van der Waals surface area contributed by atoms with Gasteiger partial charge >= 0.3 is 0 Å². The van der Waals surface area contributed by atoms with Crippen molar-refractivity contribution in [3.8, 4) is 22.6 Å². The fraction of sp³-hybridized carbons (Fsp3) is 0.538. The van der Waals surface area contributed by atoms with E-state index in [1.54, 1.807) is 6.07 Å². The fourth-order valence-electron chi connectivity index (χ4n) is 4.03. The van der Waals surface area contributed by atoms with E-state index in [4.69, 9.17) is 9.47 Å². The van der Waals surface area contributed by atoms with Crippen LogP contribution in [0.25, 0.3) is 11.1 Å². The van der Waals surface area contributed by atoms with Crippen LogP contribution in [0.4, 0.5) is 4.39 Å². The first-order valence-electron chi connectivity index (χ1n) is 11.4. The van der Waals surface area contributed by atoms with Crippen molar-refractivity contribution in [2.75, 3.05) is 13.2 Å². The Morgan fingerprint density at radius 2 is 1.45 bits per heavy atom. The summed E-state index contributed by atoms with van der Waals surface area (Å²) in [5, 5.41) is 0. The fourth-order valence-corrected chi connectivity index (χ4v) is 4.03. The van der Waals surface area contributed by atoms with Gasteiger partial charge < -0.3 is 9.47 Å². The van der Waals surface area contributed by atoms with Crippen molar-refractivity contribution in [2.45, 2.75) is 78.1 Å². The van der Waals surface area contributed by atoms with E-state index >= 15 is 4.39 Å². The van der Waals surface area contributed by atoms with Gasteiger partial charge in [0.25, 0.3) is 0 Å². The molecule has 0 aromatic heterocycles. The van der Waals surface area contributed by atoms with Crippen LogP contribution in [0.5, 0.6) is 11.5 Å². The van der Waals surface area contributed by atoms with Gasteiger partial charge in [-0.15, -0.1) is 0 Å². The lowest BCUT2D eigenvalue weighted by atomic mass is 9.85. The standard InChI is InChI=1S/C26H35FO2/c1-3-5-7-9-17-28-21-12-14-22-20(19-21)11-13-24-23(22)15-16-25(26(24)27)29-18-10-8-6-4-2/h12,14-16,19H,3-11,13,17-18H2,1-2H3. The molecule has 2 aromatic rings. The molecule has 0 unspecified atom stereocenters. The molecule has 0 atom stereocenters. The number of hydrogen-bond donors (Lipinski definition) is 0. The Balaban J connectivity index is 1.65. The van der Waals surface area contributed by atoms with Gasteiger partial charge in [-0.3, -0.25) is 0 Å². The van der Waals surface area contributed by atoms with Crippen LogP contribution in [-0.4, -0.2) is 13.2 Å². The molecule has 3 rings (SSSR count). The topological polar surface area (TPSA) is 18.5 Å². The number of unbranched alkanes of at least 4 members (excludes halogenated alkanes) is 6. The minimum Gasteiger partial charge on any atom is -0.494 e. The minimum absolute atomic E-state index is 0.181. The van der Waals surface area contributed by atoms with Crippen LogP contribution in [0.2, 0.25) is 0 Å². The second-order valence-corrected chi connectivity index (χ2v) is 8.04. The van der Waals surface area contributed by atoms with Crippen LogP contribution in [0.1, 0.15) is 76.3 Å². The van der Waals surface area contributed by atoms with E-state index in [1.807, 2.05) is 12.1 Å². The van der Waals surface area contributed by atoms with Gasteiger partial charge in [-0.05, 0) is 66.1 Å². The van der Waals surface area contributed by atoms with Crippen molar-refractivity contribution >= 4 is 0 Å². The van der Waals surface area contributed by atoms with Gasteiger partial charge in [0, 0.05) is 0 Å². The van der Waals surface area contributed by atoms with Crippen molar-refractivity contribution in [3.63, 3.8) is 0 Å². The summed E-state index contributed by atoms with van der Waals surface area (Å²) in [5.41, 5.74) is 4.16. The summed E-state index contributed by atoms with van der Waals surface area (Å²) in [6.45, 7) is 5.76. The molecule has 3 heteroatoms. The molecule has 0 saturated carbocycles. The molecular formula is C26H35FO2. The summed E-state index contributed by atoms with van der Waals surface area (Å²) in [4.78, 5) is 0. The van der Waals surface area contributed by atoms with Crippen LogP contribution in [0, 0.1) is 5.82 Å². The summed E-state index contributed by atoms with van der Waals surface area (Å²) in [5.74, 6) is 1.15. The first kappa shape index (κ1) is 21.7. The molecule has 0 radical (unpaired) electrons. The number of aryl methyl sites for hydroxylation is 1. The predicted molar refractivity (Wildman–Crippen MR) is 119 cm³/mol. The predicted octanol–water partition coefficient (Wildman–Crippen LogP) is 7.51. The second kappa shape index (κ2) is 11.2. The second-order valence-electron chi connectivity index (χ2n) is 8.04. The highest BCUT2D eigenvalue weighted by molar-refractivity contribution is 5.75. The Bertz CT molecular complexity index is 785. The summed E-state index contributed by atoms with van der Waals surface area (Å²) in [6, 6.07) is 10.0. The lowest BCUT2D eigenvalue weighted by molar-refractivity contribution is 0.289. The van der Waals surface area contributed by atoms with E-state index in [0.717, 1.165) is 54.7 Å². The summed E-state index contributed by atoms with van der Waals surface area (Å²) < 4.78 is 26.7. The molecule has 0 spiro atoms. The smallest absolute Gasteiger partial charge is 0.168 e. The molecule has 0 saturated heterocycles. The number of halogens is 1. The van der Waals surface area contributed by atoms with Crippen molar-refractivity contribution in [1.82, 2.24) is 0 Å². The third-order valence-electron chi connectivity index (χ3n) is 5.74. The number of rotatable bonds is 12. The Morgan fingerprint density at radius 1 is 0.759 bits per heavy atom. The monoisotopic (exact) mass is 398 g/mol. The van der Waals surface area contributed by atoms with Crippen LogP contribution < -0.4 is 9.47 Å². The van der Waals surface area contributed by atoms with Gasteiger partial charge in [0.2, 0.25) is 0 Å². The van der Waals surface area contributed by atoms with E-state index in [9.17, 15) is 0 Å². The molecule has 0 heterocycles. The lowest BCUT2D eigenvalue weighted by Crippen LogP contribution is -2.09. The van der Waals surface area contributed by atoms with Crippen LogP contribution >= 0.6 is 0 Å². The van der Waals surface area contributed by atoms with E-state index < -0.39 is 0 Å². The van der Waals surface area contributed by atoms with Crippen molar-refractivity contribution in [2.24, 2.45) is 0 Å². The molecule has 158 valence electrons. The lowest BCUT2D eigenvalue weighted by Gasteiger charge is -2.22. The van der Waals surface area contributed by atoms with Crippen LogP contribution in [0.3, 0.4) is 0 Å². The number of hydrogen-bond acceptors (Lipinski definition) is 2. The SMILES string of the molecule is CCCCCCOc1ccc2c(c1)CCc1c-2ccc(OCCCCCC)c1F.